The van der Waals surface area contributed by atoms with Crippen molar-refractivity contribution in [2.75, 3.05) is 5.73 Å². The summed E-state index contributed by atoms with van der Waals surface area (Å²) in [4.78, 5) is 42.2. The lowest BCUT2D eigenvalue weighted by atomic mass is 9.77. The Morgan fingerprint density at radius 2 is 1.40 bits per heavy atom. The number of amides is 1. The first-order valence-electron chi connectivity index (χ1n) is 14.6. The van der Waals surface area contributed by atoms with E-state index in [2.05, 4.69) is 5.32 Å². The maximum atomic E-state index is 14.2. The molecule has 8 heteroatoms. The summed E-state index contributed by atoms with van der Waals surface area (Å²) in [6.07, 6.45) is -0.182. The second-order valence-electron chi connectivity index (χ2n) is 11.4. The van der Waals surface area contributed by atoms with Crippen LogP contribution >= 0.6 is 0 Å². The number of nitrogens with two attached hydrogens (primary N) is 3. The van der Waals surface area contributed by atoms with Gasteiger partial charge in [0.1, 0.15) is 0 Å². The molecular weight excluding hydrogens is 528 g/mol. The standard InChI is InChI=1S/C34H44N4O4/c1-6-24(39)26-25(22-15-11-8-12-16-22)29(34(42)38-20(4)5)31(37)28(27(26)33(41)30(36)19(2)3)32(40)23(35)18-17-21-13-9-7-10-14-21/h7-16,19-20,23-24,30,39H,6,17-18,35-37H2,1-5H3,(H,38,42). The van der Waals surface area contributed by atoms with Crippen molar-refractivity contribution < 1.29 is 19.5 Å². The van der Waals surface area contributed by atoms with Crippen molar-refractivity contribution in [3.05, 3.63) is 88.5 Å². The molecule has 3 rings (SSSR count). The van der Waals surface area contributed by atoms with E-state index in [0.29, 0.717) is 17.5 Å². The number of ketones is 2. The largest absolute Gasteiger partial charge is 0.397 e. The molecule has 42 heavy (non-hydrogen) atoms. The van der Waals surface area contributed by atoms with Crippen LogP contribution in [0, 0.1) is 5.92 Å². The molecule has 3 aromatic rings. The maximum Gasteiger partial charge on any atom is 0.254 e. The number of hydrogen-bond acceptors (Lipinski definition) is 7. The second-order valence-corrected chi connectivity index (χ2v) is 11.4. The number of hydrogen-bond donors (Lipinski definition) is 5. The summed E-state index contributed by atoms with van der Waals surface area (Å²) >= 11 is 0. The normalized spacial score (nSPS) is 13.6. The molecule has 0 aromatic heterocycles. The van der Waals surface area contributed by atoms with E-state index in [1.54, 1.807) is 45.0 Å². The average Bonchev–Trinajstić information content (AvgIpc) is 2.98. The summed E-state index contributed by atoms with van der Waals surface area (Å²) in [5.74, 6) is -1.91. The van der Waals surface area contributed by atoms with Crippen LogP contribution in [0.4, 0.5) is 5.69 Å². The van der Waals surface area contributed by atoms with Gasteiger partial charge in [0.05, 0.1) is 35.0 Å². The molecule has 0 bridgehead atoms. The molecule has 0 saturated heterocycles. The minimum Gasteiger partial charge on any atom is -0.397 e. The van der Waals surface area contributed by atoms with Gasteiger partial charge in [-0.1, -0.05) is 81.4 Å². The molecule has 8 N–H and O–H groups in total. The van der Waals surface area contributed by atoms with Crippen molar-refractivity contribution in [2.45, 2.75) is 78.1 Å². The van der Waals surface area contributed by atoms with Crippen LogP contribution in [0.3, 0.4) is 0 Å². The number of carbonyl (C=O) groups excluding carboxylic acids is 3. The number of aryl methyl sites for hydroxylation is 1. The highest BCUT2D eigenvalue weighted by Crippen LogP contribution is 2.42. The van der Waals surface area contributed by atoms with Crippen LogP contribution in [0.1, 0.15) is 95.8 Å². The predicted octanol–water partition coefficient (Wildman–Crippen LogP) is 4.83. The molecule has 0 fully saturated rings. The van der Waals surface area contributed by atoms with Crippen LogP contribution in [0.2, 0.25) is 0 Å². The van der Waals surface area contributed by atoms with E-state index in [9.17, 15) is 19.5 Å². The minimum absolute atomic E-state index is 0.0191. The summed E-state index contributed by atoms with van der Waals surface area (Å²) < 4.78 is 0. The van der Waals surface area contributed by atoms with Crippen molar-refractivity contribution in [1.82, 2.24) is 5.32 Å². The van der Waals surface area contributed by atoms with Crippen LogP contribution in [0.25, 0.3) is 11.1 Å². The molecule has 224 valence electrons. The Morgan fingerprint density at radius 1 is 0.833 bits per heavy atom. The third kappa shape index (κ3) is 7.13. The average molecular weight is 573 g/mol. The lowest BCUT2D eigenvalue weighted by molar-refractivity contribution is 0.0905. The van der Waals surface area contributed by atoms with Crippen molar-refractivity contribution in [1.29, 1.82) is 0 Å². The van der Waals surface area contributed by atoms with Gasteiger partial charge in [-0.15, -0.1) is 0 Å². The molecule has 0 aliphatic carbocycles. The van der Waals surface area contributed by atoms with Crippen molar-refractivity contribution in [3.8, 4) is 11.1 Å². The van der Waals surface area contributed by atoms with E-state index in [-0.39, 0.29) is 52.7 Å². The molecule has 3 aromatic carbocycles. The Labute approximate surface area is 248 Å². The first-order chi connectivity index (χ1) is 19.9. The number of aliphatic hydroxyl groups is 1. The first-order valence-corrected chi connectivity index (χ1v) is 14.6. The van der Waals surface area contributed by atoms with E-state index in [1.807, 2.05) is 50.2 Å². The van der Waals surface area contributed by atoms with E-state index < -0.39 is 35.7 Å². The Balaban J connectivity index is 2.42. The maximum absolute atomic E-state index is 14.2. The number of nitrogens with one attached hydrogen (secondary N) is 1. The number of rotatable bonds is 13. The number of benzene rings is 3. The van der Waals surface area contributed by atoms with E-state index >= 15 is 0 Å². The molecule has 0 heterocycles. The molecule has 0 aliphatic heterocycles. The Hall–Kier alpha value is -3.85. The highest BCUT2D eigenvalue weighted by Gasteiger charge is 2.37. The monoisotopic (exact) mass is 572 g/mol. The number of aliphatic hydroxyl groups excluding tert-OH is 1. The van der Waals surface area contributed by atoms with Gasteiger partial charge in [-0.25, -0.2) is 0 Å². The van der Waals surface area contributed by atoms with Gasteiger partial charge in [-0.2, -0.15) is 0 Å². The molecule has 0 radical (unpaired) electrons. The van der Waals surface area contributed by atoms with Crippen LogP contribution in [0.5, 0.6) is 0 Å². The molecule has 1 amide bonds. The van der Waals surface area contributed by atoms with E-state index in [0.717, 1.165) is 5.56 Å². The molecule has 0 saturated carbocycles. The predicted molar refractivity (Wildman–Crippen MR) is 168 cm³/mol. The van der Waals surface area contributed by atoms with Crippen LogP contribution in [0.15, 0.2) is 60.7 Å². The van der Waals surface area contributed by atoms with E-state index in [1.165, 1.54) is 0 Å². The molecule has 0 aliphatic rings. The highest BCUT2D eigenvalue weighted by atomic mass is 16.3. The second kappa shape index (κ2) is 14.4. The van der Waals surface area contributed by atoms with Crippen LogP contribution in [-0.4, -0.2) is 40.7 Å². The topological polar surface area (TPSA) is 162 Å². The zero-order valence-corrected chi connectivity index (χ0v) is 25.2. The van der Waals surface area contributed by atoms with Gasteiger partial charge < -0.3 is 27.6 Å². The van der Waals surface area contributed by atoms with Crippen molar-refractivity contribution in [2.24, 2.45) is 17.4 Å². The Kier molecular flexibility index (Phi) is 11.2. The highest BCUT2D eigenvalue weighted by molar-refractivity contribution is 6.21. The van der Waals surface area contributed by atoms with Gasteiger partial charge in [0.2, 0.25) is 0 Å². The summed E-state index contributed by atoms with van der Waals surface area (Å²) in [6.45, 7) is 8.98. The Bertz CT molecular complexity index is 1400. The summed E-state index contributed by atoms with van der Waals surface area (Å²) in [7, 11) is 0. The van der Waals surface area contributed by atoms with Crippen LogP contribution < -0.4 is 22.5 Å². The summed E-state index contributed by atoms with van der Waals surface area (Å²) in [5, 5.41) is 14.4. The minimum atomic E-state index is -1.20. The SMILES string of the molecule is CCC(O)c1c(C(=O)C(N)C(C)C)c(C(=O)C(N)CCc2ccccc2)c(N)c(C(=O)NC(C)C)c1-c1ccccc1. The number of Topliss-reactive ketones (excluding diaryl/α,β-unsaturated/α-hetero) is 2. The smallest absolute Gasteiger partial charge is 0.254 e. The summed E-state index contributed by atoms with van der Waals surface area (Å²) in [5.41, 5.74) is 21.3. The zero-order chi connectivity index (χ0) is 31.1. The molecule has 0 spiro atoms. The van der Waals surface area contributed by atoms with Gasteiger partial charge >= 0.3 is 0 Å². The van der Waals surface area contributed by atoms with Gasteiger partial charge in [0.25, 0.3) is 5.91 Å². The molecule has 3 atom stereocenters. The van der Waals surface area contributed by atoms with Crippen molar-refractivity contribution >= 4 is 23.2 Å². The van der Waals surface area contributed by atoms with Gasteiger partial charge in [-0.05, 0) is 50.2 Å². The summed E-state index contributed by atoms with van der Waals surface area (Å²) in [6, 6.07) is 16.3. The quantitative estimate of drug-likeness (QED) is 0.145. The molecule has 8 nitrogen and oxygen atoms in total. The third-order valence-corrected chi connectivity index (χ3v) is 7.44. The lowest BCUT2D eigenvalue weighted by Crippen LogP contribution is -2.40. The fourth-order valence-corrected chi connectivity index (χ4v) is 5.07. The van der Waals surface area contributed by atoms with Gasteiger partial charge in [-0.3, -0.25) is 14.4 Å². The fraction of sp³-hybridized carbons (Fsp3) is 0.382. The van der Waals surface area contributed by atoms with E-state index in [4.69, 9.17) is 17.2 Å². The van der Waals surface area contributed by atoms with Crippen LogP contribution in [-0.2, 0) is 6.42 Å². The lowest BCUT2D eigenvalue weighted by Gasteiger charge is -2.29. The number of anilines is 1. The molecular formula is C34H44N4O4. The fourth-order valence-electron chi connectivity index (χ4n) is 5.07. The van der Waals surface area contributed by atoms with Gasteiger partial charge in [0.15, 0.2) is 11.6 Å². The number of nitrogen functional groups attached to an aromatic ring is 1. The zero-order valence-electron chi connectivity index (χ0n) is 25.2. The van der Waals surface area contributed by atoms with Crippen molar-refractivity contribution in [3.63, 3.8) is 0 Å². The first kappa shape index (κ1) is 32.7. The Morgan fingerprint density at radius 3 is 1.93 bits per heavy atom. The van der Waals surface area contributed by atoms with Gasteiger partial charge in [0, 0.05) is 22.7 Å². The third-order valence-electron chi connectivity index (χ3n) is 7.44. The molecule has 3 unspecified atom stereocenters. The number of carbonyl (C=O) groups is 3.